The quantitative estimate of drug-likeness (QED) is 0.733. The van der Waals surface area contributed by atoms with Crippen LogP contribution in [0.15, 0.2) is 12.4 Å². The molecule has 1 aromatic rings. The molecule has 2 unspecified atom stereocenters. The zero-order valence-corrected chi connectivity index (χ0v) is 10.1. The molecular formula is C13H20N2O. The van der Waals surface area contributed by atoms with Crippen LogP contribution in [-0.2, 0) is 0 Å². The van der Waals surface area contributed by atoms with E-state index in [0.29, 0.717) is 6.04 Å². The highest BCUT2D eigenvalue weighted by Crippen LogP contribution is 2.33. The molecule has 1 aromatic heterocycles. The van der Waals surface area contributed by atoms with Crippen molar-refractivity contribution in [1.82, 2.24) is 9.78 Å². The largest absolute Gasteiger partial charge is 0.294 e. The fourth-order valence-corrected chi connectivity index (χ4v) is 2.59. The standard InChI is InChI=1S/C13H20N2O/c1-3-11-5-4-6-13(7-11)15-9-12(8-14-15)10(2)16/h8-9,11,13H,3-7H2,1-2H3. The van der Waals surface area contributed by atoms with E-state index in [9.17, 15) is 4.79 Å². The Labute approximate surface area is 96.8 Å². The molecule has 3 heteroatoms. The van der Waals surface area contributed by atoms with Gasteiger partial charge in [-0.15, -0.1) is 0 Å². The second-order valence-electron chi connectivity index (χ2n) is 4.86. The molecule has 0 aromatic carbocycles. The summed E-state index contributed by atoms with van der Waals surface area (Å²) in [4.78, 5) is 11.2. The van der Waals surface area contributed by atoms with Crippen molar-refractivity contribution < 1.29 is 4.79 Å². The highest BCUT2D eigenvalue weighted by Gasteiger charge is 2.22. The van der Waals surface area contributed by atoms with Gasteiger partial charge in [-0.1, -0.05) is 26.2 Å². The van der Waals surface area contributed by atoms with Crippen LogP contribution in [0.1, 0.15) is 62.4 Å². The lowest BCUT2D eigenvalue weighted by Gasteiger charge is -2.28. The number of carbonyl (C=O) groups is 1. The Balaban J connectivity index is 2.08. The first-order valence-electron chi connectivity index (χ1n) is 6.25. The number of Topliss-reactive ketones (excluding diaryl/α,β-unsaturated/α-hetero) is 1. The Morgan fingerprint density at radius 3 is 3.00 bits per heavy atom. The van der Waals surface area contributed by atoms with Crippen LogP contribution in [-0.4, -0.2) is 15.6 Å². The smallest absolute Gasteiger partial charge is 0.162 e. The van der Waals surface area contributed by atoms with Crippen molar-refractivity contribution in [3.63, 3.8) is 0 Å². The molecule has 88 valence electrons. The first-order chi connectivity index (χ1) is 7.70. The molecule has 1 aliphatic carbocycles. The number of nitrogens with zero attached hydrogens (tertiary/aromatic N) is 2. The van der Waals surface area contributed by atoms with Gasteiger partial charge in [0.05, 0.1) is 17.8 Å². The predicted molar refractivity (Wildman–Crippen MR) is 63.5 cm³/mol. The van der Waals surface area contributed by atoms with Gasteiger partial charge >= 0.3 is 0 Å². The number of ketones is 1. The fraction of sp³-hybridized carbons (Fsp3) is 0.692. The summed E-state index contributed by atoms with van der Waals surface area (Å²) in [6, 6.07) is 0.506. The first kappa shape index (κ1) is 11.4. The van der Waals surface area contributed by atoms with Gasteiger partial charge < -0.3 is 0 Å². The van der Waals surface area contributed by atoms with Gasteiger partial charge in [0.1, 0.15) is 0 Å². The average Bonchev–Trinajstić information content (AvgIpc) is 2.78. The van der Waals surface area contributed by atoms with E-state index in [0.717, 1.165) is 11.5 Å². The van der Waals surface area contributed by atoms with Gasteiger partial charge in [-0.2, -0.15) is 5.10 Å². The first-order valence-corrected chi connectivity index (χ1v) is 6.25. The minimum atomic E-state index is 0.106. The lowest BCUT2D eigenvalue weighted by atomic mass is 9.84. The minimum Gasteiger partial charge on any atom is -0.294 e. The van der Waals surface area contributed by atoms with E-state index in [1.54, 1.807) is 13.1 Å². The summed E-state index contributed by atoms with van der Waals surface area (Å²) in [5, 5.41) is 4.33. The molecule has 1 aliphatic rings. The molecule has 0 spiro atoms. The van der Waals surface area contributed by atoms with Gasteiger partial charge in [0, 0.05) is 6.20 Å². The van der Waals surface area contributed by atoms with E-state index in [2.05, 4.69) is 12.0 Å². The second-order valence-corrected chi connectivity index (χ2v) is 4.86. The Kier molecular flexibility index (Phi) is 3.42. The predicted octanol–water partition coefficient (Wildman–Crippen LogP) is 3.23. The van der Waals surface area contributed by atoms with Crippen molar-refractivity contribution in [2.24, 2.45) is 5.92 Å². The summed E-state index contributed by atoms with van der Waals surface area (Å²) in [6.07, 6.45) is 9.93. The molecule has 3 nitrogen and oxygen atoms in total. The third-order valence-corrected chi connectivity index (χ3v) is 3.71. The highest BCUT2D eigenvalue weighted by atomic mass is 16.1. The van der Waals surface area contributed by atoms with Crippen LogP contribution >= 0.6 is 0 Å². The lowest BCUT2D eigenvalue weighted by molar-refractivity contribution is 0.101. The van der Waals surface area contributed by atoms with Gasteiger partial charge in [-0.3, -0.25) is 9.48 Å². The molecule has 2 rings (SSSR count). The number of hydrogen-bond acceptors (Lipinski definition) is 2. The minimum absolute atomic E-state index is 0.106. The van der Waals surface area contributed by atoms with Crippen molar-refractivity contribution in [1.29, 1.82) is 0 Å². The molecule has 1 heterocycles. The molecule has 0 bridgehead atoms. The Morgan fingerprint density at radius 2 is 2.38 bits per heavy atom. The van der Waals surface area contributed by atoms with Crippen LogP contribution in [0.5, 0.6) is 0 Å². The molecule has 0 radical (unpaired) electrons. The van der Waals surface area contributed by atoms with E-state index in [4.69, 9.17) is 0 Å². The second kappa shape index (κ2) is 4.81. The molecule has 16 heavy (non-hydrogen) atoms. The van der Waals surface area contributed by atoms with Crippen molar-refractivity contribution in [2.45, 2.75) is 52.0 Å². The van der Waals surface area contributed by atoms with Crippen molar-refractivity contribution in [3.05, 3.63) is 18.0 Å². The topological polar surface area (TPSA) is 34.9 Å². The summed E-state index contributed by atoms with van der Waals surface area (Å²) < 4.78 is 2.00. The SMILES string of the molecule is CCC1CCCC(n2cc(C(C)=O)cn2)C1. The zero-order chi connectivity index (χ0) is 11.5. The maximum atomic E-state index is 11.2. The van der Waals surface area contributed by atoms with Gasteiger partial charge in [0.25, 0.3) is 0 Å². The van der Waals surface area contributed by atoms with Crippen LogP contribution in [0.3, 0.4) is 0 Å². The molecule has 0 amide bonds. The summed E-state index contributed by atoms with van der Waals surface area (Å²) in [5.41, 5.74) is 0.735. The third-order valence-electron chi connectivity index (χ3n) is 3.71. The van der Waals surface area contributed by atoms with Crippen LogP contribution < -0.4 is 0 Å². The van der Waals surface area contributed by atoms with E-state index in [-0.39, 0.29) is 5.78 Å². The number of carbonyl (C=O) groups excluding carboxylic acids is 1. The molecule has 0 saturated heterocycles. The molecule has 2 atom stereocenters. The van der Waals surface area contributed by atoms with Gasteiger partial charge in [0.15, 0.2) is 5.78 Å². The van der Waals surface area contributed by atoms with Crippen LogP contribution in [0.2, 0.25) is 0 Å². The normalized spacial score (nSPS) is 25.6. The summed E-state index contributed by atoms with van der Waals surface area (Å²) >= 11 is 0. The number of rotatable bonds is 3. The van der Waals surface area contributed by atoms with E-state index < -0.39 is 0 Å². The molecule has 0 N–H and O–H groups in total. The van der Waals surface area contributed by atoms with Gasteiger partial charge in [-0.25, -0.2) is 0 Å². The van der Waals surface area contributed by atoms with Crippen LogP contribution in [0.4, 0.5) is 0 Å². The van der Waals surface area contributed by atoms with Gasteiger partial charge in [0.2, 0.25) is 0 Å². The van der Waals surface area contributed by atoms with Crippen molar-refractivity contribution in [3.8, 4) is 0 Å². The van der Waals surface area contributed by atoms with E-state index in [1.165, 1.54) is 32.1 Å². The molecule has 1 fully saturated rings. The van der Waals surface area contributed by atoms with Crippen molar-refractivity contribution in [2.75, 3.05) is 0 Å². The third kappa shape index (κ3) is 2.34. The fourth-order valence-electron chi connectivity index (χ4n) is 2.59. The van der Waals surface area contributed by atoms with Crippen molar-refractivity contribution >= 4 is 5.78 Å². The van der Waals surface area contributed by atoms with E-state index in [1.807, 2.05) is 10.9 Å². The average molecular weight is 220 g/mol. The zero-order valence-electron chi connectivity index (χ0n) is 10.1. The molecule has 0 aliphatic heterocycles. The summed E-state index contributed by atoms with van der Waals surface area (Å²) in [5.74, 6) is 0.942. The molecular weight excluding hydrogens is 200 g/mol. The highest BCUT2D eigenvalue weighted by molar-refractivity contribution is 5.93. The summed E-state index contributed by atoms with van der Waals surface area (Å²) in [7, 11) is 0. The maximum absolute atomic E-state index is 11.2. The maximum Gasteiger partial charge on any atom is 0.162 e. The van der Waals surface area contributed by atoms with E-state index >= 15 is 0 Å². The Hall–Kier alpha value is -1.12. The van der Waals surface area contributed by atoms with Gasteiger partial charge in [-0.05, 0) is 25.7 Å². The van der Waals surface area contributed by atoms with Crippen LogP contribution in [0.25, 0.3) is 0 Å². The molecule has 1 saturated carbocycles. The Morgan fingerprint density at radius 1 is 1.56 bits per heavy atom. The van der Waals surface area contributed by atoms with Crippen LogP contribution in [0, 0.1) is 5.92 Å². The Bertz CT molecular complexity index is 370. The lowest BCUT2D eigenvalue weighted by Crippen LogP contribution is -2.19. The summed E-state index contributed by atoms with van der Waals surface area (Å²) in [6.45, 7) is 3.86. The monoisotopic (exact) mass is 220 g/mol. The number of hydrogen-bond donors (Lipinski definition) is 0. The number of aromatic nitrogens is 2.